The number of oxime groups is 1. The van der Waals surface area contributed by atoms with Gasteiger partial charge in [0.05, 0.1) is 30.1 Å². The van der Waals surface area contributed by atoms with E-state index in [1.165, 1.54) is 94.6 Å². The van der Waals surface area contributed by atoms with Crippen molar-refractivity contribution in [3.05, 3.63) is 48.1 Å². The minimum absolute atomic E-state index is 0.0237. The van der Waals surface area contributed by atoms with Crippen molar-refractivity contribution in [1.82, 2.24) is 4.90 Å². The van der Waals surface area contributed by atoms with Crippen LogP contribution in [0.2, 0.25) is 0 Å². The fraction of sp³-hybridized carbons (Fsp3) is 0.788. The molecule has 62 heavy (non-hydrogen) atoms. The third kappa shape index (κ3) is 14.5. The fourth-order valence-electron chi connectivity index (χ4n) is 10.6. The van der Waals surface area contributed by atoms with Crippen LogP contribution in [-0.4, -0.2) is 96.6 Å². The molecule has 3 fully saturated rings. The van der Waals surface area contributed by atoms with Gasteiger partial charge in [0.1, 0.15) is 18.1 Å². The maximum absolute atomic E-state index is 9.97. The quantitative estimate of drug-likeness (QED) is 0.0309. The lowest BCUT2D eigenvalue weighted by Crippen LogP contribution is -2.64. The van der Waals surface area contributed by atoms with E-state index in [1.807, 2.05) is 17.8 Å². The standard InChI is InChI=1S/C52H84N2O7S/c1-3-5-6-7-8-9-10-11-12-13-14-15-16-23-37-62-48-40-46(53-61-49-26-19-22-35-58-49)44-38-41(24-17-20-32-55)43(25-18-21-33-56)50-45-39-42(57-36-31-54-29-30-54)27-28-47(45)60-52(48,51(44)50)59-34-4-2/h4,27-28,38-39,41,43,48-51,55-56H,2-3,5-26,29-37,40H2,1H3. The summed E-state index contributed by atoms with van der Waals surface area (Å²) in [6.07, 6.45) is 31.9. The topological polar surface area (TPSA) is 102 Å². The van der Waals surface area contributed by atoms with Crippen LogP contribution in [0.3, 0.4) is 0 Å². The number of aliphatic hydroxyl groups is 2. The molecule has 2 N–H and O–H groups in total. The number of fused-ring (bicyclic) bond motifs is 2. The highest BCUT2D eigenvalue weighted by Crippen LogP contribution is 2.62. The highest BCUT2D eigenvalue weighted by Gasteiger charge is 2.64. The number of rotatable bonds is 33. The van der Waals surface area contributed by atoms with Crippen LogP contribution < -0.4 is 9.47 Å². The van der Waals surface area contributed by atoms with E-state index in [4.69, 9.17) is 28.9 Å². The summed E-state index contributed by atoms with van der Waals surface area (Å²) in [4.78, 5) is 8.71. The van der Waals surface area contributed by atoms with Gasteiger partial charge in [-0.2, -0.15) is 11.8 Å². The van der Waals surface area contributed by atoms with Crippen LogP contribution in [0.4, 0.5) is 0 Å². The summed E-state index contributed by atoms with van der Waals surface area (Å²) in [5.74, 6) is 2.31. The number of aliphatic hydroxyl groups excluding tert-OH is 2. The Bertz CT molecular complexity index is 1500. The first-order chi connectivity index (χ1) is 30.6. The van der Waals surface area contributed by atoms with Crippen LogP contribution in [0.15, 0.2) is 47.7 Å². The van der Waals surface area contributed by atoms with E-state index in [9.17, 15) is 10.2 Å². The van der Waals surface area contributed by atoms with E-state index in [0.717, 1.165) is 107 Å². The molecule has 0 radical (unpaired) electrons. The summed E-state index contributed by atoms with van der Waals surface area (Å²) >= 11 is 1.99. The Labute approximate surface area is 380 Å². The Hall–Kier alpha value is -2.08. The highest BCUT2D eigenvalue weighted by atomic mass is 32.2. The minimum Gasteiger partial charge on any atom is -0.492 e. The van der Waals surface area contributed by atoms with Gasteiger partial charge in [0.2, 0.25) is 12.1 Å². The Morgan fingerprint density at radius 1 is 0.887 bits per heavy atom. The fourth-order valence-corrected chi connectivity index (χ4v) is 12.0. The summed E-state index contributed by atoms with van der Waals surface area (Å²) in [5, 5.41) is 24.9. The van der Waals surface area contributed by atoms with E-state index in [-0.39, 0.29) is 48.4 Å². The van der Waals surface area contributed by atoms with Crippen LogP contribution in [0.25, 0.3) is 0 Å². The number of benzene rings is 1. The van der Waals surface area contributed by atoms with Crippen LogP contribution in [-0.2, 0) is 14.3 Å². The highest BCUT2D eigenvalue weighted by molar-refractivity contribution is 8.00. The Kier molecular flexibility index (Phi) is 21.8. The van der Waals surface area contributed by atoms with Crippen molar-refractivity contribution in [2.75, 3.05) is 58.4 Å². The van der Waals surface area contributed by atoms with Crippen LogP contribution in [0.1, 0.15) is 173 Å². The summed E-state index contributed by atoms with van der Waals surface area (Å²) in [7, 11) is 0. The summed E-state index contributed by atoms with van der Waals surface area (Å²) in [5.41, 5.74) is 3.34. The van der Waals surface area contributed by atoms with Crippen molar-refractivity contribution in [3.8, 4) is 11.5 Å². The molecule has 6 rings (SSSR count). The zero-order chi connectivity index (χ0) is 43.2. The second-order valence-corrected chi connectivity index (χ2v) is 20.1. The van der Waals surface area contributed by atoms with Gasteiger partial charge in [-0.15, -0.1) is 6.58 Å². The average Bonchev–Trinajstić information content (AvgIpc) is 4.13. The normalized spacial score (nSPS) is 27.3. The van der Waals surface area contributed by atoms with Gasteiger partial charge in [-0.25, -0.2) is 0 Å². The number of nitrogens with zero attached hydrogens (tertiary/aromatic N) is 2. The molecule has 350 valence electrons. The lowest BCUT2D eigenvalue weighted by atomic mass is 9.56. The third-order valence-electron chi connectivity index (χ3n) is 14.1. The molecule has 9 nitrogen and oxygen atoms in total. The van der Waals surface area contributed by atoms with Gasteiger partial charge in [-0.05, 0) is 86.3 Å². The molecule has 3 aliphatic heterocycles. The van der Waals surface area contributed by atoms with Gasteiger partial charge in [-0.1, -0.05) is 121 Å². The second kappa shape index (κ2) is 27.4. The first kappa shape index (κ1) is 49.4. The summed E-state index contributed by atoms with van der Waals surface area (Å²) < 4.78 is 27.0. The molecule has 1 aromatic rings. The molecule has 10 heteroatoms. The number of allylic oxidation sites excluding steroid dienone is 1. The van der Waals surface area contributed by atoms with Gasteiger partial charge in [0.15, 0.2) is 0 Å². The van der Waals surface area contributed by atoms with Crippen molar-refractivity contribution >= 4 is 17.5 Å². The van der Waals surface area contributed by atoms with Crippen LogP contribution in [0.5, 0.6) is 11.5 Å². The van der Waals surface area contributed by atoms with Gasteiger partial charge in [0, 0.05) is 57.2 Å². The predicted molar refractivity (Wildman–Crippen MR) is 254 cm³/mol. The van der Waals surface area contributed by atoms with Gasteiger partial charge < -0.3 is 34.0 Å². The van der Waals surface area contributed by atoms with Crippen molar-refractivity contribution in [1.29, 1.82) is 0 Å². The third-order valence-corrected chi connectivity index (χ3v) is 15.5. The predicted octanol–water partition coefficient (Wildman–Crippen LogP) is 11.8. The largest absolute Gasteiger partial charge is 0.492 e. The molecule has 5 aliphatic rings. The second-order valence-electron chi connectivity index (χ2n) is 18.8. The molecular formula is C52H84N2O7S. The molecule has 3 heterocycles. The molecule has 7 unspecified atom stereocenters. The first-order valence-electron chi connectivity index (χ1n) is 25.4. The van der Waals surface area contributed by atoms with Crippen molar-refractivity contribution in [2.45, 2.75) is 184 Å². The number of thioether (sulfide) groups is 1. The molecule has 7 atom stereocenters. The first-order valence-corrected chi connectivity index (χ1v) is 26.5. The SMILES string of the molecule is C=CCOC12Oc3ccc(OCCN4CC4)cc3C3C(CCCCO)C(CCCCO)C=C(C(=NOC4CCCCO4)CC1SCCCCCCCCCCCCCCCC)C32. The van der Waals surface area contributed by atoms with E-state index >= 15 is 0 Å². The molecule has 0 amide bonds. The molecule has 2 saturated heterocycles. The Morgan fingerprint density at radius 3 is 2.26 bits per heavy atom. The van der Waals surface area contributed by atoms with Crippen LogP contribution in [0, 0.1) is 17.8 Å². The Morgan fingerprint density at radius 2 is 1.60 bits per heavy atom. The van der Waals surface area contributed by atoms with E-state index < -0.39 is 5.79 Å². The molecule has 0 bridgehead atoms. The maximum Gasteiger partial charge on any atom is 0.230 e. The number of unbranched alkanes of at least 4 members (excludes halogenated alkanes) is 15. The number of ether oxygens (including phenoxy) is 4. The lowest BCUT2D eigenvalue weighted by Gasteiger charge is -2.58. The van der Waals surface area contributed by atoms with Crippen molar-refractivity contribution < 1.29 is 34.0 Å². The monoisotopic (exact) mass is 881 g/mol. The van der Waals surface area contributed by atoms with E-state index in [2.05, 4.69) is 42.7 Å². The van der Waals surface area contributed by atoms with Gasteiger partial charge in [0.25, 0.3) is 0 Å². The average molecular weight is 881 g/mol. The summed E-state index contributed by atoms with van der Waals surface area (Å²) in [6, 6.07) is 6.45. The molecule has 2 aliphatic carbocycles. The van der Waals surface area contributed by atoms with Crippen molar-refractivity contribution in [3.63, 3.8) is 0 Å². The van der Waals surface area contributed by atoms with Crippen LogP contribution >= 0.6 is 11.8 Å². The van der Waals surface area contributed by atoms with Gasteiger partial charge in [-0.3, -0.25) is 4.90 Å². The molecule has 1 aromatic carbocycles. The van der Waals surface area contributed by atoms with E-state index in [1.54, 1.807) is 0 Å². The van der Waals surface area contributed by atoms with Crippen molar-refractivity contribution in [2.24, 2.45) is 22.9 Å². The Balaban J connectivity index is 1.24. The smallest absolute Gasteiger partial charge is 0.230 e. The van der Waals surface area contributed by atoms with E-state index in [0.29, 0.717) is 26.2 Å². The lowest BCUT2D eigenvalue weighted by molar-refractivity contribution is -0.223. The zero-order valence-electron chi connectivity index (χ0n) is 38.6. The van der Waals surface area contributed by atoms with Gasteiger partial charge >= 0.3 is 0 Å². The number of hydrogen-bond acceptors (Lipinski definition) is 10. The molecule has 0 aromatic heterocycles. The summed E-state index contributed by atoms with van der Waals surface area (Å²) in [6.45, 7) is 11.8. The molecular weight excluding hydrogens is 797 g/mol. The zero-order valence-corrected chi connectivity index (χ0v) is 39.4. The maximum atomic E-state index is 9.97. The molecule has 0 spiro atoms. The minimum atomic E-state index is -0.939. The number of hydrogen-bond donors (Lipinski definition) is 2. The molecule has 1 saturated carbocycles.